The fraction of sp³-hybridized carbons (Fsp3) is 0.133. The predicted octanol–water partition coefficient (Wildman–Crippen LogP) is 4.09. The Morgan fingerprint density at radius 3 is 2.71 bits per heavy atom. The van der Waals surface area contributed by atoms with E-state index in [9.17, 15) is 9.18 Å². The Kier molecular flexibility index (Phi) is 4.80. The molecule has 0 aliphatic carbocycles. The molecule has 0 aliphatic rings. The van der Waals surface area contributed by atoms with Gasteiger partial charge in [0.2, 0.25) is 0 Å². The number of hydrogen-bond acceptors (Lipinski definition) is 4. The number of halogens is 2. The minimum atomic E-state index is -0.440. The van der Waals surface area contributed by atoms with Gasteiger partial charge in [-0.3, -0.25) is 0 Å². The second-order valence-electron chi connectivity index (χ2n) is 4.27. The van der Waals surface area contributed by atoms with Gasteiger partial charge < -0.3 is 15.8 Å². The summed E-state index contributed by atoms with van der Waals surface area (Å²) in [5.41, 5.74) is 7.38. The Labute approximate surface area is 130 Å². The standard InChI is InChI=1S/C15H14BrFN2O2/c1-2-21-15(20)9-3-6-13(12(18)7-9)19-14-8-10(16)4-5-11(14)17/h3-8,19H,2,18H2,1H3. The average molecular weight is 353 g/mol. The highest BCUT2D eigenvalue weighted by Crippen LogP contribution is 2.28. The average Bonchev–Trinajstić information content (AvgIpc) is 2.45. The fourth-order valence-electron chi connectivity index (χ4n) is 1.76. The van der Waals surface area contributed by atoms with Crippen LogP contribution in [0.5, 0.6) is 0 Å². The summed E-state index contributed by atoms with van der Waals surface area (Å²) < 4.78 is 19.3. The van der Waals surface area contributed by atoms with Crippen molar-refractivity contribution in [3.05, 3.63) is 52.3 Å². The van der Waals surface area contributed by atoms with E-state index in [2.05, 4.69) is 21.2 Å². The Bertz CT molecular complexity index is 677. The largest absolute Gasteiger partial charge is 0.462 e. The Morgan fingerprint density at radius 2 is 2.05 bits per heavy atom. The second kappa shape index (κ2) is 6.58. The van der Waals surface area contributed by atoms with Crippen molar-refractivity contribution in [2.24, 2.45) is 0 Å². The van der Waals surface area contributed by atoms with Gasteiger partial charge in [0.15, 0.2) is 0 Å². The Morgan fingerprint density at radius 1 is 1.29 bits per heavy atom. The molecular weight excluding hydrogens is 339 g/mol. The third-order valence-electron chi connectivity index (χ3n) is 2.76. The molecule has 0 unspecified atom stereocenters. The molecule has 0 aliphatic heterocycles. The monoisotopic (exact) mass is 352 g/mol. The number of carbonyl (C=O) groups is 1. The van der Waals surface area contributed by atoms with E-state index >= 15 is 0 Å². The van der Waals surface area contributed by atoms with Gasteiger partial charge in [-0.2, -0.15) is 0 Å². The third kappa shape index (κ3) is 3.72. The minimum Gasteiger partial charge on any atom is -0.462 e. The van der Waals surface area contributed by atoms with Crippen molar-refractivity contribution in [2.75, 3.05) is 17.7 Å². The lowest BCUT2D eigenvalue weighted by Gasteiger charge is -2.11. The molecule has 0 spiro atoms. The first kappa shape index (κ1) is 15.3. The summed E-state index contributed by atoms with van der Waals surface area (Å²) in [6.45, 7) is 2.02. The highest BCUT2D eigenvalue weighted by molar-refractivity contribution is 9.10. The number of ether oxygens (including phenoxy) is 1. The van der Waals surface area contributed by atoms with Gasteiger partial charge in [0, 0.05) is 4.47 Å². The SMILES string of the molecule is CCOC(=O)c1ccc(Nc2cc(Br)ccc2F)c(N)c1. The van der Waals surface area contributed by atoms with Gasteiger partial charge in [-0.05, 0) is 43.3 Å². The molecule has 6 heteroatoms. The second-order valence-corrected chi connectivity index (χ2v) is 5.19. The highest BCUT2D eigenvalue weighted by atomic mass is 79.9. The Hall–Kier alpha value is -2.08. The zero-order chi connectivity index (χ0) is 15.4. The number of nitrogen functional groups attached to an aromatic ring is 1. The number of nitrogens with two attached hydrogens (primary N) is 1. The molecule has 0 radical (unpaired) electrons. The van der Waals surface area contributed by atoms with Gasteiger partial charge >= 0.3 is 5.97 Å². The van der Waals surface area contributed by atoms with Crippen molar-refractivity contribution in [1.82, 2.24) is 0 Å². The van der Waals surface area contributed by atoms with Crippen LogP contribution >= 0.6 is 15.9 Å². The summed E-state index contributed by atoms with van der Waals surface area (Å²) in [4.78, 5) is 11.6. The molecule has 0 amide bonds. The summed E-state index contributed by atoms with van der Waals surface area (Å²) in [6, 6.07) is 9.24. The number of hydrogen-bond donors (Lipinski definition) is 2. The lowest BCUT2D eigenvalue weighted by molar-refractivity contribution is 0.0526. The molecule has 110 valence electrons. The Balaban J connectivity index is 2.25. The van der Waals surface area contributed by atoms with Gasteiger partial charge in [-0.15, -0.1) is 0 Å². The molecule has 2 aromatic carbocycles. The quantitative estimate of drug-likeness (QED) is 0.642. The van der Waals surface area contributed by atoms with E-state index in [0.29, 0.717) is 29.2 Å². The van der Waals surface area contributed by atoms with Crippen LogP contribution in [0.3, 0.4) is 0 Å². The molecule has 2 rings (SSSR count). The van der Waals surface area contributed by atoms with Crippen molar-refractivity contribution >= 4 is 39.0 Å². The molecule has 2 aromatic rings. The van der Waals surface area contributed by atoms with Gasteiger partial charge in [0.05, 0.1) is 29.2 Å². The first-order valence-electron chi connectivity index (χ1n) is 6.30. The summed E-state index contributed by atoms with van der Waals surface area (Å²) in [6.07, 6.45) is 0. The molecule has 0 heterocycles. The van der Waals surface area contributed by atoms with Gasteiger partial charge in [0.1, 0.15) is 5.82 Å². The zero-order valence-electron chi connectivity index (χ0n) is 11.3. The van der Waals surface area contributed by atoms with E-state index < -0.39 is 11.8 Å². The van der Waals surface area contributed by atoms with Crippen LogP contribution in [0.2, 0.25) is 0 Å². The molecule has 3 N–H and O–H groups in total. The molecule has 4 nitrogen and oxygen atoms in total. The smallest absolute Gasteiger partial charge is 0.338 e. The number of esters is 1. The van der Waals surface area contributed by atoms with Crippen LogP contribution in [0.4, 0.5) is 21.5 Å². The fourth-order valence-corrected chi connectivity index (χ4v) is 2.12. The summed E-state index contributed by atoms with van der Waals surface area (Å²) >= 11 is 3.28. The maximum absolute atomic E-state index is 13.7. The molecule has 0 fully saturated rings. The molecule has 0 atom stereocenters. The molecule has 21 heavy (non-hydrogen) atoms. The summed E-state index contributed by atoms with van der Waals surface area (Å²) in [5.74, 6) is -0.837. The van der Waals surface area contributed by atoms with Crippen LogP contribution < -0.4 is 11.1 Å². The topological polar surface area (TPSA) is 64.3 Å². The lowest BCUT2D eigenvalue weighted by atomic mass is 10.1. The normalized spacial score (nSPS) is 10.2. The van der Waals surface area contributed by atoms with E-state index in [1.54, 1.807) is 31.2 Å². The van der Waals surface area contributed by atoms with Crippen LogP contribution in [0.25, 0.3) is 0 Å². The zero-order valence-corrected chi connectivity index (χ0v) is 12.9. The van der Waals surface area contributed by atoms with Crippen LogP contribution in [0.15, 0.2) is 40.9 Å². The van der Waals surface area contributed by atoms with E-state index in [1.807, 2.05) is 0 Å². The lowest BCUT2D eigenvalue weighted by Crippen LogP contribution is -2.06. The van der Waals surface area contributed by atoms with Crippen LogP contribution in [-0.4, -0.2) is 12.6 Å². The molecule has 0 saturated heterocycles. The third-order valence-corrected chi connectivity index (χ3v) is 3.25. The number of carbonyl (C=O) groups excluding carboxylic acids is 1. The van der Waals surface area contributed by atoms with Crippen LogP contribution in [-0.2, 0) is 4.74 Å². The van der Waals surface area contributed by atoms with E-state index in [1.165, 1.54) is 12.1 Å². The van der Waals surface area contributed by atoms with Crippen LogP contribution in [0.1, 0.15) is 17.3 Å². The first-order valence-corrected chi connectivity index (χ1v) is 7.09. The summed E-state index contributed by atoms with van der Waals surface area (Å²) in [5, 5.41) is 2.90. The van der Waals surface area contributed by atoms with Crippen molar-refractivity contribution in [3.63, 3.8) is 0 Å². The number of nitrogens with one attached hydrogen (secondary N) is 1. The predicted molar refractivity (Wildman–Crippen MR) is 84.2 cm³/mol. The van der Waals surface area contributed by atoms with Crippen molar-refractivity contribution in [1.29, 1.82) is 0 Å². The van der Waals surface area contributed by atoms with Crippen molar-refractivity contribution < 1.29 is 13.9 Å². The molecule has 0 saturated carbocycles. The van der Waals surface area contributed by atoms with Crippen molar-refractivity contribution in [3.8, 4) is 0 Å². The highest BCUT2D eigenvalue weighted by Gasteiger charge is 2.10. The van der Waals surface area contributed by atoms with E-state index in [0.717, 1.165) is 4.47 Å². The maximum atomic E-state index is 13.7. The minimum absolute atomic E-state index is 0.292. The molecular formula is C15H14BrFN2O2. The number of benzene rings is 2. The number of anilines is 3. The van der Waals surface area contributed by atoms with Crippen molar-refractivity contribution in [2.45, 2.75) is 6.92 Å². The maximum Gasteiger partial charge on any atom is 0.338 e. The molecule has 0 bridgehead atoms. The summed E-state index contributed by atoms with van der Waals surface area (Å²) in [7, 11) is 0. The van der Waals surface area contributed by atoms with E-state index in [-0.39, 0.29) is 0 Å². The van der Waals surface area contributed by atoms with Gasteiger partial charge in [0.25, 0.3) is 0 Å². The van der Waals surface area contributed by atoms with E-state index in [4.69, 9.17) is 10.5 Å². The van der Waals surface area contributed by atoms with Gasteiger partial charge in [-0.1, -0.05) is 15.9 Å². The van der Waals surface area contributed by atoms with Crippen LogP contribution in [0, 0.1) is 5.82 Å². The van der Waals surface area contributed by atoms with Gasteiger partial charge in [-0.25, -0.2) is 9.18 Å². The molecule has 0 aromatic heterocycles. The number of rotatable bonds is 4. The first-order chi connectivity index (χ1) is 10.0.